The third-order valence-electron chi connectivity index (χ3n) is 2.90. The zero-order valence-corrected chi connectivity index (χ0v) is 12.9. The molecule has 19 heavy (non-hydrogen) atoms. The van der Waals surface area contributed by atoms with Gasteiger partial charge in [0.25, 0.3) is 0 Å². The summed E-state index contributed by atoms with van der Waals surface area (Å²) in [5.74, 6) is -0.332. The lowest BCUT2D eigenvalue weighted by Gasteiger charge is -2.29. The van der Waals surface area contributed by atoms with Crippen molar-refractivity contribution < 1.29 is 9.53 Å². The van der Waals surface area contributed by atoms with Crippen LogP contribution in [0.25, 0.3) is 0 Å². The summed E-state index contributed by atoms with van der Waals surface area (Å²) in [6.07, 6.45) is 1.46. The lowest BCUT2D eigenvalue weighted by atomic mass is 9.95. The lowest BCUT2D eigenvalue weighted by molar-refractivity contribution is -0.145. The van der Waals surface area contributed by atoms with E-state index in [2.05, 4.69) is 27.3 Å². The highest BCUT2D eigenvalue weighted by Gasteiger charge is 2.33. The number of esters is 1. The smallest absolute Gasteiger partial charge is 0.331 e. The van der Waals surface area contributed by atoms with Crippen LogP contribution in [0.4, 0.5) is 5.69 Å². The fourth-order valence-corrected chi connectivity index (χ4v) is 2.32. The van der Waals surface area contributed by atoms with Crippen molar-refractivity contribution in [1.82, 2.24) is 0 Å². The molecule has 5 heteroatoms. The largest absolute Gasteiger partial charge is 0.467 e. The number of halogens is 1. The van der Waals surface area contributed by atoms with E-state index in [4.69, 9.17) is 10.00 Å². The molecule has 1 N–H and O–H groups in total. The van der Waals surface area contributed by atoms with Gasteiger partial charge >= 0.3 is 5.97 Å². The number of methoxy groups -OCH3 is 1. The van der Waals surface area contributed by atoms with Gasteiger partial charge in [-0.15, -0.1) is 0 Å². The van der Waals surface area contributed by atoms with Crippen molar-refractivity contribution >= 4 is 27.6 Å². The molecule has 1 aromatic rings. The van der Waals surface area contributed by atoms with E-state index in [0.717, 1.165) is 10.9 Å². The molecule has 0 aliphatic rings. The number of rotatable bonds is 5. The average Bonchev–Trinajstić information content (AvgIpc) is 2.40. The Hall–Kier alpha value is -1.54. The highest BCUT2D eigenvalue weighted by atomic mass is 79.9. The van der Waals surface area contributed by atoms with Gasteiger partial charge in [-0.25, -0.2) is 4.79 Å². The molecule has 1 unspecified atom stereocenters. The van der Waals surface area contributed by atoms with Crippen LogP contribution in [0.15, 0.2) is 22.7 Å². The predicted octanol–water partition coefficient (Wildman–Crippen LogP) is 3.46. The topological polar surface area (TPSA) is 62.1 Å². The molecule has 1 aromatic carbocycles. The first-order valence-corrected chi connectivity index (χ1v) is 6.82. The molecule has 0 aliphatic heterocycles. The zero-order valence-electron chi connectivity index (χ0n) is 11.3. The van der Waals surface area contributed by atoms with Crippen LogP contribution in [0.3, 0.4) is 0 Å². The van der Waals surface area contributed by atoms with Crippen LogP contribution in [0, 0.1) is 11.3 Å². The van der Waals surface area contributed by atoms with Crippen molar-refractivity contribution in [3.63, 3.8) is 0 Å². The summed E-state index contributed by atoms with van der Waals surface area (Å²) in [6.45, 7) is 3.78. The van der Waals surface area contributed by atoms with Crippen LogP contribution in [-0.2, 0) is 9.53 Å². The van der Waals surface area contributed by atoms with Crippen molar-refractivity contribution in [3.8, 4) is 6.07 Å². The monoisotopic (exact) mass is 324 g/mol. The molecule has 0 saturated carbocycles. The third-order valence-corrected chi connectivity index (χ3v) is 3.39. The molecule has 1 rings (SSSR count). The number of benzene rings is 1. The summed E-state index contributed by atoms with van der Waals surface area (Å²) in [4.78, 5) is 11.9. The molecule has 1 atom stereocenters. The molecular formula is C14H17BrN2O2. The predicted molar refractivity (Wildman–Crippen MR) is 77.8 cm³/mol. The van der Waals surface area contributed by atoms with E-state index in [1.54, 1.807) is 19.1 Å². The van der Waals surface area contributed by atoms with Crippen molar-refractivity contribution in [2.75, 3.05) is 12.4 Å². The van der Waals surface area contributed by atoms with Gasteiger partial charge in [0.05, 0.1) is 18.4 Å². The van der Waals surface area contributed by atoms with E-state index >= 15 is 0 Å². The Morgan fingerprint density at radius 2 is 2.26 bits per heavy atom. The minimum Gasteiger partial charge on any atom is -0.467 e. The SMILES string of the molecule is CCCC(C)(Nc1ccc(Br)cc1C#N)C(=O)OC. The van der Waals surface area contributed by atoms with Crippen molar-refractivity contribution in [2.45, 2.75) is 32.2 Å². The molecule has 0 amide bonds. The molecule has 0 aromatic heterocycles. The van der Waals surface area contributed by atoms with E-state index < -0.39 is 5.54 Å². The summed E-state index contributed by atoms with van der Waals surface area (Å²) < 4.78 is 5.67. The van der Waals surface area contributed by atoms with Gasteiger partial charge < -0.3 is 10.1 Å². The molecule has 4 nitrogen and oxygen atoms in total. The van der Waals surface area contributed by atoms with Gasteiger partial charge in [0.1, 0.15) is 11.6 Å². The molecule has 0 bridgehead atoms. The van der Waals surface area contributed by atoms with Gasteiger partial charge in [0.15, 0.2) is 0 Å². The Kier molecular flexibility index (Phi) is 5.37. The second-order valence-corrected chi connectivity index (χ2v) is 5.42. The van der Waals surface area contributed by atoms with E-state index in [0.29, 0.717) is 17.7 Å². The standard InChI is InChI=1S/C14H17BrN2O2/c1-4-7-14(2,13(18)19-3)17-12-6-5-11(15)8-10(12)9-16/h5-6,8,17H,4,7H2,1-3H3. The zero-order chi connectivity index (χ0) is 14.5. The van der Waals surface area contributed by atoms with Gasteiger partial charge in [0, 0.05) is 4.47 Å². The molecule has 0 heterocycles. The molecule has 0 radical (unpaired) electrons. The van der Waals surface area contributed by atoms with Gasteiger partial charge in [-0.3, -0.25) is 0 Å². The van der Waals surface area contributed by atoms with Crippen LogP contribution < -0.4 is 5.32 Å². The average molecular weight is 325 g/mol. The van der Waals surface area contributed by atoms with Gasteiger partial charge in [0.2, 0.25) is 0 Å². The molecule has 0 fully saturated rings. The quantitative estimate of drug-likeness (QED) is 0.842. The highest BCUT2D eigenvalue weighted by Crippen LogP contribution is 2.26. The van der Waals surface area contributed by atoms with Crippen molar-refractivity contribution in [1.29, 1.82) is 5.26 Å². The summed E-state index contributed by atoms with van der Waals surface area (Å²) in [6, 6.07) is 7.43. The van der Waals surface area contributed by atoms with Gasteiger partial charge in [-0.05, 0) is 31.5 Å². The molecule has 102 valence electrons. The minimum atomic E-state index is -0.830. The van der Waals surface area contributed by atoms with Crippen LogP contribution in [0.1, 0.15) is 32.3 Å². The van der Waals surface area contributed by atoms with Crippen LogP contribution in [0.2, 0.25) is 0 Å². The number of hydrogen-bond acceptors (Lipinski definition) is 4. The Labute approximate surface area is 121 Å². The van der Waals surface area contributed by atoms with Gasteiger partial charge in [-0.1, -0.05) is 29.3 Å². The molecular weight excluding hydrogens is 308 g/mol. The van der Waals surface area contributed by atoms with Gasteiger partial charge in [-0.2, -0.15) is 5.26 Å². The fourth-order valence-electron chi connectivity index (χ4n) is 1.96. The van der Waals surface area contributed by atoms with E-state index in [1.807, 2.05) is 13.0 Å². The number of anilines is 1. The van der Waals surface area contributed by atoms with Crippen molar-refractivity contribution in [3.05, 3.63) is 28.2 Å². The number of ether oxygens (including phenoxy) is 1. The van der Waals surface area contributed by atoms with Crippen LogP contribution in [0.5, 0.6) is 0 Å². The first-order valence-electron chi connectivity index (χ1n) is 6.03. The number of nitrogens with zero attached hydrogens (tertiary/aromatic N) is 1. The third kappa shape index (κ3) is 3.71. The summed E-state index contributed by atoms with van der Waals surface area (Å²) in [7, 11) is 1.37. The molecule has 0 spiro atoms. The Bertz CT molecular complexity index is 511. The van der Waals surface area contributed by atoms with Crippen molar-refractivity contribution in [2.24, 2.45) is 0 Å². The minimum absolute atomic E-state index is 0.332. The summed E-state index contributed by atoms with van der Waals surface area (Å²) in [5.41, 5.74) is 0.288. The lowest BCUT2D eigenvalue weighted by Crippen LogP contribution is -2.44. The first kappa shape index (κ1) is 15.5. The molecule has 0 aliphatic carbocycles. The molecule has 0 saturated heterocycles. The van der Waals surface area contributed by atoms with Crippen LogP contribution in [-0.4, -0.2) is 18.6 Å². The number of nitriles is 1. The van der Waals surface area contributed by atoms with E-state index in [1.165, 1.54) is 7.11 Å². The maximum Gasteiger partial charge on any atom is 0.331 e. The Morgan fingerprint density at radius 1 is 1.58 bits per heavy atom. The van der Waals surface area contributed by atoms with E-state index in [9.17, 15) is 4.79 Å². The second kappa shape index (κ2) is 6.58. The maximum atomic E-state index is 11.9. The number of hydrogen-bond donors (Lipinski definition) is 1. The normalized spacial score (nSPS) is 13.2. The number of nitrogens with one attached hydrogen (secondary N) is 1. The highest BCUT2D eigenvalue weighted by molar-refractivity contribution is 9.10. The van der Waals surface area contributed by atoms with Crippen LogP contribution >= 0.6 is 15.9 Å². The summed E-state index contributed by atoms with van der Waals surface area (Å²) in [5, 5.41) is 12.3. The summed E-state index contributed by atoms with van der Waals surface area (Å²) >= 11 is 3.32. The maximum absolute atomic E-state index is 11.9. The Balaban J connectivity index is 3.10. The fraction of sp³-hybridized carbons (Fsp3) is 0.429. The van der Waals surface area contributed by atoms with E-state index in [-0.39, 0.29) is 5.97 Å². The first-order chi connectivity index (χ1) is 8.96. The number of carbonyl (C=O) groups excluding carboxylic acids is 1. The Morgan fingerprint density at radius 3 is 2.79 bits per heavy atom. The number of carbonyl (C=O) groups is 1. The second-order valence-electron chi connectivity index (χ2n) is 4.50.